The second-order valence-electron chi connectivity index (χ2n) is 6.06. The van der Waals surface area contributed by atoms with E-state index in [1.165, 1.54) is 11.3 Å². The molecule has 4 heteroatoms. The lowest BCUT2D eigenvalue weighted by atomic mass is 10.1. The van der Waals surface area contributed by atoms with E-state index >= 15 is 0 Å². The molecule has 1 N–H and O–H groups in total. The van der Waals surface area contributed by atoms with Crippen molar-refractivity contribution < 1.29 is 4.79 Å². The zero-order valence-corrected chi connectivity index (χ0v) is 13.7. The first kappa shape index (κ1) is 15.5. The molecule has 120 valence electrons. The first-order valence-electron chi connectivity index (χ1n) is 8.32. The summed E-state index contributed by atoms with van der Waals surface area (Å²) >= 11 is 0. The Morgan fingerprint density at radius 2 is 2.13 bits per heavy atom. The van der Waals surface area contributed by atoms with Crippen LogP contribution in [0.2, 0.25) is 0 Å². The Kier molecular flexibility index (Phi) is 4.60. The highest BCUT2D eigenvalue weighted by molar-refractivity contribution is 5.92. The number of amides is 1. The Bertz CT molecular complexity index is 681. The van der Waals surface area contributed by atoms with Crippen molar-refractivity contribution in [2.45, 2.75) is 39.2 Å². The van der Waals surface area contributed by atoms with Crippen LogP contribution in [0.3, 0.4) is 0 Å². The molecule has 0 aliphatic carbocycles. The highest BCUT2D eigenvalue weighted by Gasteiger charge is 2.26. The minimum atomic E-state index is -0.0973. The quantitative estimate of drug-likeness (QED) is 0.857. The summed E-state index contributed by atoms with van der Waals surface area (Å²) in [6.07, 6.45) is 4.90. The van der Waals surface area contributed by atoms with Crippen LogP contribution in [0, 0.1) is 0 Å². The lowest BCUT2D eigenvalue weighted by Gasteiger charge is -2.24. The number of benzene rings is 1. The third kappa shape index (κ3) is 3.21. The van der Waals surface area contributed by atoms with Gasteiger partial charge in [0.25, 0.3) is 5.91 Å². The molecule has 2 heterocycles. The van der Waals surface area contributed by atoms with E-state index in [9.17, 15) is 4.79 Å². The molecule has 0 spiro atoms. The summed E-state index contributed by atoms with van der Waals surface area (Å²) in [5, 5.41) is 2.90. The van der Waals surface area contributed by atoms with Crippen molar-refractivity contribution in [3.05, 3.63) is 53.9 Å². The number of nitrogens with one attached hydrogen (secondary N) is 1. The molecule has 0 saturated carbocycles. The number of anilines is 2. The number of fused-ring (bicyclic) bond motifs is 1. The Morgan fingerprint density at radius 1 is 1.30 bits per heavy atom. The number of pyridine rings is 1. The van der Waals surface area contributed by atoms with E-state index in [1.54, 1.807) is 6.20 Å². The van der Waals surface area contributed by atoms with Gasteiger partial charge in [0.15, 0.2) is 0 Å². The van der Waals surface area contributed by atoms with Crippen LogP contribution in [0.1, 0.15) is 42.7 Å². The Balaban J connectivity index is 1.76. The summed E-state index contributed by atoms with van der Waals surface area (Å²) in [6.45, 7) is 5.02. The van der Waals surface area contributed by atoms with Crippen molar-refractivity contribution in [2.24, 2.45) is 0 Å². The Morgan fingerprint density at radius 3 is 2.87 bits per heavy atom. The maximum atomic E-state index is 12.0. The van der Waals surface area contributed by atoms with Crippen molar-refractivity contribution >= 4 is 17.3 Å². The average Bonchev–Trinajstić information content (AvgIpc) is 2.91. The van der Waals surface area contributed by atoms with Crippen molar-refractivity contribution in [3.63, 3.8) is 0 Å². The molecular formula is C19H23N3O. The fourth-order valence-electron chi connectivity index (χ4n) is 3.09. The van der Waals surface area contributed by atoms with Crippen LogP contribution < -0.4 is 10.2 Å². The topological polar surface area (TPSA) is 45.2 Å². The lowest BCUT2D eigenvalue weighted by Crippen LogP contribution is -2.26. The predicted molar refractivity (Wildman–Crippen MR) is 93.2 cm³/mol. The van der Waals surface area contributed by atoms with E-state index in [0.29, 0.717) is 18.3 Å². The summed E-state index contributed by atoms with van der Waals surface area (Å²) in [5.74, 6) is -0.0973. The number of hydrogen-bond donors (Lipinski definition) is 1. The van der Waals surface area contributed by atoms with Crippen molar-refractivity contribution in [1.29, 1.82) is 0 Å². The molecule has 2 aromatic rings. The minimum absolute atomic E-state index is 0.0973. The van der Waals surface area contributed by atoms with Crippen LogP contribution in [0.5, 0.6) is 0 Å². The molecule has 23 heavy (non-hydrogen) atoms. The second kappa shape index (κ2) is 6.82. The third-order valence-electron chi connectivity index (χ3n) is 4.28. The van der Waals surface area contributed by atoms with Crippen molar-refractivity contribution in [2.75, 3.05) is 11.4 Å². The number of carbonyl (C=O) groups excluding carboxylic acids is 1. The molecule has 1 aromatic carbocycles. The van der Waals surface area contributed by atoms with Crippen molar-refractivity contribution in [1.82, 2.24) is 10.3 Å². The molecule has 3 rings (SSSR count). The number of para-hydroxylation sites is 1. The Hall–Kier alpha value is -2.36. The van der Waals surface area contributed by atoms with Gasteiger partial charge >= 0.3 is 0 Å². The molecule has 1 aliphatic heterocycles. The molecule has 0 fully saturated rings. The van der Waals surface area contributed by atoms with E-state index in [0.717, 1.165) is 24.9 Å². The molecule has 1 atom stereocenters. The molecule has 4 nitrogen and oxygen atoms in total. The van der Waals surface area contributed by atoms with E-state index in [-0.39, 0.29) is 5.91 Å². The summed E-state index contributed by atoms with van der Waals surface area (Å²) in [7, 11) is 0. The van der Waals surface area contributed by atoms with E-state index in [1.807, 2.05) is 12.1 Å². The number of unbranched alkanes of at least 4 members (excludes halogenated alkanes) is 1. The van der Waals surface area contributed by atoms with Gasteiger partial charge in [-0.25, -0.2) is 4.98 Å². The van der Waals surface area contributed by atoms with Gasteiger partial charge in [0, 0.05) is 18.3 Å². The number of nitrogens with zero attached hydrogens (tertiary/aromatic N) is 2. The van der Waals surface area contributed by atoms with Gasteiger partial charge in [-0.1, -0.05) is 31.5 Å². The van der Waals surface area contributed by atoms with Crippen LogP contribution in [0.25, 0.3) is 0 Å². The summed E-state index contributed by atoms with van der Waals surface area (Å²) in [5.41, 5.74) is 4.11. The van der Waals surface area contributed by atoms with Crippen molar-refractivity contribution in [3.8, 4) is 0 Å². The normalized spacial score (nSPS) is 16.3. The van der Waals surface area contributed by atoms with Gasteiger partial charge in [0.05, 0.1) is 11.9 Å². The molecule has 1 amide bonds. The molecule has 0 saturated heterocycles. The van der Waals surface area contributed by atoms with Gasteiger partial charge in [0.1, 0.15) is 5.69 Å². The van der Waals surface area contributed by atoms with Gasteiger partial charge in [0.2, 0.25) is 0 Å². The highest BCUT2D eigenvalue weighted by atomic mass is 16.1. The highest BCUT2D eigenvalue weighted by Crippen LogP contribution is 2.37. The standard InChI is InChI=1S/C19H23N3O/c1-3-4-11-20-19(23)17-10-9-16(13-21-17)22-14(2)12-15-7-5-6-8-18(15)22/h5-10,13-14H,3-4,11-12H2,1-2H3,(H,20,23). The van der Waals surface area contributed by atoms with E-state index in [2.05, 4.69) is 53.3 Å². The lowest BCUT2D eigenvalue weighted by molar-refractivity contribution is 0.0948. The number of carbonyl (C=O) groups is 1. The molecular weight excluding hydrogens is 286 g/mol. The molecule has 1 unspecified atom stereocenters. The predicted octanol–water partition coefficient (Wildman–Crippen LogP) is 3.69. The van der Waals surface area contributed by atoms with Crippen LogP contribution in [-0.4, -0.2) is 23.5 Å². The van der Waals surface area contributed by atoms with Gasteiger partial charge in [-0.05, 0) is 43.5 Å². The Labute approximate surface area is 137 Å². The molecule has 1 aliphatic rings. The molecule has 0 bridgehead atoms. The zero-order valence-electron chi connectivity index (χ0n) is 13.7. The summed E-state index contributed by atoms with van der Waals surface area (Å²) < 4.78 is 0. The fourth-order valence-corrected chi connectivity index (χ4v) is 3.09. The second-order valence-corrected chi connectivity index (χ2v) is 6.06. The van der Waals surface area contributed by atoms with Crippen LogP contribution >= 0.6 is 0 Å². The third-order valence-corrected chi connectivity index (χ3v) is 4.28. The van der Waals surface area contributed by atoms with Gasteiger partial charge < -0.3 is 10.2 Å². The largest absolute Gasteiger partial charge is 0.351 e. The van der Waals surface area contributed by atoms with Gasteiger partial charge in [-0.2, -0.15) is 0 Å². The fraction of sp³-hybridized carbons (Fsp3) is 0.368. The number of hydrogen-bond acceptors (Lipinski definition) is 3. The summed E-state index contributed by atoms with van der Waals surface area (Å²) in [4.78, 5) is 18.7. The van der Waals surface area contributed by atoms with Gasteiger partial charge in [-0.15, -0.1) is 0 Å². The summed E-state index contributed by atoms with van der Waals surface area (Å²) in [6, 6.07) is 12.7. The van der Waals surface area contributed by atoms with E-state index in [4.69, 9.17) is 0 Å². The minimum Gasteiger partial charge on any atom is -0.351 e. The number of aromatic nitrogens is 1. The average molecular weight is 309 g/mol. The zero-order chi connectivity index (χ0) is 16.2. The smallest absolute Gasteiger partial charge is 0.269 e. The van der Waals surface area contributed by atoms with Crippen LogP contribution in [0.4, 0.5) is 11.4 Å². The first-order chi connectivity index (χ1) is 11.2. The SMILES string of the molecule is CCCCNC(=O)c1ccc(N2c3ccccc3CC2C)cn1. The van der Waals surface area contributed by atoms with Gasteiger partial charge in [-0.3, -0.25) is 4.79 Å². The first-order valence-corrected chi connectivity index (χ1v) is 8.32. The molecule has 1 aromatic heterocycles. The molecule has 0 radical (unpaired) electrons. The maximum absolute atomic E-state index is 12.0. The van der Waals surface area contributed by atoms with E-state index < -0.39 is 0 Å². The maximum Gasteiger partial charge on any atom is 0.269 e. The monoisotopic (exact) mass is 309 g/mol. The number of rotatable bonds is 5. The van der Waals surface area contributed by atoms with Crippen LogP contribution in [0.15, 0.2) is 42.6 Å². The van der Waals surface area contributed by atoms with Crippen LogP contribution in [-0.2, 0) is 6.42 Å².